The Labute approximate surface area is 48.3 Å². The topological polar surface area (TPSA) is 46.2 Å². The van der Waals surface area contributed by atoms with Gasteiger partial charge in [0.1, 0.15) is 0 Å². The molecule has 0 aromatic carbocycles. The van der Waals surface area contributed by atoms with E-state index in [4.69, 9.17) is 0 Å². The summed E-state index contributed by atoms with van der Waals surface area (Å²) in [5.74, 6) is -1.16. The maximum absolute atomic E-state index is 9.85. The number of rotatable bonds is 3. The second kappa shape index (κ2) is 3.43. The van der Waals surface area contributed by atoms with Crippen molar-refractivity contribution in [2.45, 2.75) is 20.0 Å². The maximum atomic E-state index is 9.85. The lowest BCUT2D eigenvalue weighted by molar-refractivity contribution is -0.155. The van der Waals surface area contributed by atoms with Gasteiger partial charge in [-0.05, 0) is 13.8 Å². The van der Waals surface area contributed by atoms with E-state index in [1.165, 1.54) is 6.92 Å². The number of hydrogen-bond donors (Lipinski definition) is 0. The van der Waals surface area contributed by atoms with Crippen LogP contribution in [0.4, 0.5) is 0 Å². The molecule has 0 rings (SSSR count). The molecule has 0 aromatic heterocycles. The van der Waals surface area contributed by atoms with E-state index in [0.717, 1.165) is 0 Å². The first-order valence-electron chi connectivity index (χ1n) is 2.51. The minimum atomic E-state index is -1.16. The van der Waals surface area contributed by atoms with Crippen molar-refractivity contribution in [2.75, 3.05) is 6.61 Å². The molecule has 8 heavy (non-hydrogen) atoms. The summed E-state index contributed by atoms with van der Waals surface area (Å²) in [5, 5.41) is 9.85. The summed E-state index contributed by atoms with van der Waals surface area (Å²) in [6.07, 6.45) is -0.778. The van der Waals surface area contributed by atoms with Crippen molar-refractivity contribution < 1.29 is 14.6 Å². The standard InChI is InChI=1S/C5H9O3/c1-3-8-4(2)5(6)7/h4H,3H2,1-2H3. The summed E-state index contributed by atoms with van der Waals surface area (Å²) in [4.78, 5) is 9.85. The van der Waals surface area contributed by atoms with Crippen molar-refractivity contribution in [1.29, 1.82) is 0 Å². The molecule has 0 aliphatic rings. The van der Waals surface area contributed by atoms with Crippen molar-refractivity contribution in [3.8, 4) is 0 Å². The van der Waals surface area contributed by atoms with E-state index in [1.807, 2.05) is 0 Å². The number of carbonyl (C=O) groups is 1. The normalized spacial score (nSPS) is 13.2. The lowest BCUT2D eigenvalue weighted by Gasteiger charge is -2.01. The largest absolute Gasteiger partial charge is 0.383 e. The predicted molar refractivity (Wildman–Crippen MR) is 26.8 cm³/mol. The lowest BCUT2D eigenvalue weighted by Crippen LogP contribution is -2.18. The van der Waals surface area contributed by atoms with E-state index >= 15 is 0 Å². The van der Waals surface area contributed by atoms with Crippen LogP contribution < -0.4 is 0 Å². The second-order valence-electron chi connectivity index (χ2n) is 1.42. The molecule has 0 saturated heterocycles. The molecule has 1 unspecified atom stereocenters. The van der Waals surface area contributed by atoms with E-state index < -0.39 is 12.1 Å². The molecule has 0 saturated carbocycles. The molecule has 1 radical (unpaired) electrons. The van der Waals surface area contributed by atoms with E-state index in [-0.39, 0.29) is 0 Å². The molecule has 47 valence electrons. The van der Waals surface area contributed by atoms with Gasteiger partial charge in [0, 0.05) is 6.61 Å². The van der Waals surface area contributed by atoms with E-state index in [1.54, 1.807) is 6.92 Å². The van der Waals surface area contributed by atoms with Gasteiger partial charge in [-0.25, -0.2) is 9.90 Å². The minimum Gasteiger partial charge on any atom is -0.367 e. The van der Waals surface area contributed by atoms with Gasteiger partial charge < -0.3 is 4.74 Å². The monoisotopic (exact) mass is 117 g/mol. The van der Waals surface area contributed by atoms with Crippen molar-refractivity contribution >= 4 is 5.97 Å². The molecule has 0 fully saturated rings. The first-order chi connectivity index (χ1) is 3.68. The summed E-state index contributed by atoms with van der Waals surface area (Å²) in [6.45, 7) is 3.59. The van der Waals surface area contributed by atoms with Gasteiger partial charge in [-0.1, -0.05) is 0 Å². The van der Waals surface area contributed by atoms with Crippen LogP contribution in [0.1, 0.15) is 13.8 Å². The molecule has 0 bridgehead atoms. The molecule has 0 N–H and O–H groups in total. The third-order valence-electron chi connectivity index (χ3n) is 0.749. The molecule has 3 nitrogen and oxygen atoms in total. The first-order valence-corrected chi connectivity index (χ1v) is 2.51. The fourth-order valence-corrected chi connectivity index (χ4v) is 0.318. The first kappa shape index (κ1) is 7.43. The zero-order valence-electron chi connectivity index (χ0n) is 5.01. The third-order valence-corrected chi connectivity index (χ3v) is 0.749. The minimum absolute atomic E-state index is 0.412. The van der Waals surface area contributed by atoms with Gasteiger partial charge in [-0.15, -0.1) is 0 Å². The van der Waals surface area contributed by atoms with Crippen molar-refractivity contribution in [3.05, 3.63) is 0 Å². The van der Waals surface area contributed by atoms with Crippen LogP contribution in [0, 0.1) is 0 Å². The Kier molecular flexibility index (Phi) is 3.19. The quantitative estimate of drug-likeness (QED) is 0.536. The number of hydrogen-bond acceptors (Lipinski definition) is 2. The summed E-state index contributed by atoms with van der Waals surface area (Å²) < 4.78 is 4.64. The molecule has 0 aromatic rings. The zero-order chi connectivity index (χ0) is 6.57. The van der Waals surface area contributed by atoms with Gasteiger partial charge in [0.15, 0.2) is 6.10 Å². The van der Waals surface area contributed by atoms with Crippen molar-refractivity contribution in [3.63, 3.8) is 0 Å². The van der Waals surface area contributed by atoms with Crippen LogP contribution in [0.15, 0.2) is 0 Å². The van der Waals surface area contributed by atoms with Gasteiger partial charge in [-0.2, -0.15) is 0 Å². The molecule has 0 amide bonds. The highest BCUT2D eigenvalue weighted by Gasteiger charge is 2.10. The van der Waals surface area contributed by atoms with Crippen molar-refractivity contribution in [2.24, 2.45) is 0 Å². The Morgan fingerprint density at radius 1 is 1.75 bits per heavy atom. The smallest absolute Gasteiger partial charge is 0.367 e. The Balaban J connectivity index is 3.32. The van der Waals surface area contributed by atoms with Crippen LogP contribution in [0.25, 0.3) is 0 Å². The molecular weight excluding hydrogens is 108 g/mol. The summed E-state index contributed by atoms with van der Waals surface area (Å²) in [5.41, 5.74) is 0. The highest BCUT2D eigenvalue weighted by molar-refractivity contribution is 5.71. The lowest BCUT2D eigenvalue weighted by atomic mass is 10.4. The van der Waals surface area contributed by atoms with Crippen LogP contribution in [0.5, 0.6) is 0 Å². The molecular formula is C5H9O3. The summed E-state index contributed by atoms with van der Waals surface area (Å²) >= 11 is 0. The van der Waals surface area contributed by atoms with E-state index in [2.05, 4.69) is 4.74 Å². The second-order valence-corrected chi connectivity index (χ2v) is 1.42. The molecule has 1 atom stereocenters. The van der Waals surface area contributed by atoms with Gasteiger partial charge in [0.05, 0.1) is 0 Å². The van der Waals surface area contributed by atoms with Crippen LogP contribution in [0.2, 0.25) is 0 Å². The van der Waals surface area contributed by atoms with Crippen LogP contribution >= 0.6 is 0 Å². The molecule has 3 heteroatoms. The maximum Gasteiger partial charge on any atom is 0.383 e. The Morgan fingerprint density at radius 3 is 2.38 bits per heavy atom. The third kappa shape index (κ3) is 2.58. The van der Waals surface area contributed by atoms with Gasteiger partial charge in [0.2, 0.25) is 0 Å². The van der Waals surface area contributed by atoms with Crippen molar-refractivity contribution in [1.82, 2.24) is 0 Å². The molecule has 0 aliphatic carbocycles. The van der Waals surface area contributed by atoms with Gasteiger partial charge in [-0.3, -0.25) is 0 Å². The predicted octanol–water partition coefficient (Wildman–Crippen LogP) is 0.369. The van der Waals surface area contributed by atoms with Gasteiger partial charge >= 0.3 is 5.97 Å². The average Bonchev–Trinajstić information content (AvgIpc) is 1.67. The Hall–Kier alpha value is -0.570. The SMILES string of the molecule is CCOC(C)C([O])=O. The number of ether oxygens (including phenoxy) is 1. The van der Waals surface area contributed by atoms with Crippen LogP contribution in [0.3, 0.4) is 0 Å². The Morgan fingerprint density at radius 2 is 2.25 bits per heavy atom. The fraction of sp³-hybridized carbons (Fsp3) is 0.800. The Bertz CT molecular complexity index is 79.7. The highest BCUT2D eigenvalue weighted by atomic mass is 16.5. The fourth-order valence-electron chi connectivity index (χ4n) is 0.318. The van der Waals surface area contributed by atoms with Crippen LogP contribution in [-0.4, -0.2) is 18.7 Å². The molecule has 0 aliphatic heterocycles. The van der Waals surface area contributed by atoms with Gasteiger partial charge in [0.25, 0.3) is 0 Å². The average molecular weight is 117 g/mol. The highest BCUT2D eigenvalue weighted by Crippen LogP contribution is 1.88. The van der Waals surface area contributed by atoms with E-state index in [0.29, 0.717) is 6.61 Å². The summed E-state index contributed by atoms with van der Waals surface area (Å²) in [6, 6.07) is 0. The van der Waals surface area contributed by atoms with E-state index in [9.17, 15) is 9.90 Å². The number of carbonyl (C=O) groups excluding carboxylic acids is 1. The van der Waals surface area contributed by atoms with Crippen LogP contribution in [-0.2, 0) is 14.6 Å². The molecule has 0 heterocycles. The zero-order valence-corrected chi connectivity index (χ0v) is 5.01. The molecule has 0 spiro atoms. The summed E-state index contributed by atoms with van der Waals surface area (Å²) in [7, 11) is 0.